The maximum Gasteiger partial charge on any atom is 0.277 e. The van der Waals surface area contributed by atoms with Gasteiger partial charge < -0.3 is 9.84 Å². The monoisotopic (exact) mass is 368 g/mol. The summed E-state index contributed by atoms with van der Waals surface area (Å²) in [6.45, 7) is 0.420. The molecule has 1 aromatic carbocycles. The fourth-order valence-electron chi connectivity index (χ4n) is 3.51. The fourth-order valence-corrected chi connectivity index (χ4v) is 3.51. The number of benzene rings is 1. The van der Waals surface area contributed by atoms with Crippen LogP contribution in [-0.4, -0.2) is 20.8 Å². The molecule has 2 heterocycles. The summed E-state index contributed by atoms with van der Waals surface area (Å²) in [5.41, 5.74) is 1.62. The lowest BCUT2D eigenvalue weighted by Gasteiger charge is -2.18. The van der Waals surface area contributed by atoms with Crippen LogP contribution >= 0.6 is 0 Å². The van der Waals surface area contributed by atoms with Crippen LogP contribution in [0.15, 0.2) is 47.2 Å². The molecule has 1 aliphatic carbocycles. The van der Waals surface area contributed by atoms with Crippen molar-refractivity contribution in [3.63, 3.8) is 0 Å². The highest BCUT2D eigenvalue weighted by molar-refractivity contribution is 6.02. The van der Waals surface area contributed by atoms with Crippen molar-refractivity contribution in [3.8, 4) is 0 Å². The second-order valence-electron chi connectivity index (χ2n) is 6.96. The van der Waals surface area contributed by atoms with Gasteiger partial charge in [0, 0.05) is 18.2 Å². The van der Waals surface area contributed by atoms with Crippen molar-refractivity contribution in [2.24, 2.45) is 0 Å². The van der Waals surface area contributed by atoms with Crippen molar-refractivity contribution in [2.45, 2.75) is 44.6 Å². The molecule has 6 nitrogen and oxygen atoms in total. The first-order valence-corrected chi connectivity index (χ1v) is 9.22. The van der Waals surface area contributed by atoms with E-state index in [0.29, 0.717) is 18.2 Å². The highest BCUT2D eigenvalue weighted by atomic mass is 19.1. The molecule has 0 spiro atoms. The van der Waals surface area contributed by atoms with Gasteiger partial charge in [-0.3, -0.25) is 9.48 Å². The van der Waals surface area contributed by atoms with E-state index in [1.54, 1.807) is 29.2 Å². The lowest BCUT2D eigenvalue weighted by molar-refractivity contribution is 0.101. The summed E-state index contributed by atoms with van der Waals surface area (Å²) in [7, 11) is 0. The Morgan fingerprint density at radius 1 is 1.26 bits per heavy atom. The van der Waals surface area contributed by atoms with E-state index >= 15 is 0 Å². The Kier molecular flexibility index (Phi) is 5.00. The van der Waals surface area contributed by atoms with E-state index in [9.17, 15) is 9.18 Å². The lowest BCUT2D eigenvalue weighted by Crippen LogP contribution is -2.11. The lowest BCUT2D eigenvalue weighted by atomic mass is 9.87. The van der Waals surface area contributed by atoms with Crippen LogP contribution in [0.5, 0.6) is 0 Å². The number of nitrogens with one attached hydrogen (secondary N) is 1. The molecule has 0 radical (unpaired) electrons. The van der Waals surface area contributed by atoms with E-state index in [4.69, 9.17) is 4.52 Å². The van der Waals surface area contributed by atoms with Gasteiger partial charge in [-0.05, 0) is 30.5 Å². The summed E-state index contributed by atoms with van der Waals surface area (Å²) in [5, 5.41) is 10.9. The molecule has 1 N–H and O–H groups in total. The minimum absolute atomic E-state index is 0.272. The molecule has 1 fully saturated rings. The summed E-state index contributed by atoms with van der Waals surface area (Å²) < 4.78 is 20.3. The number of aromatic nitrogens is 3. The number of hydrogen-bond acceptors (Lipinski definition) is 4. The van der Waals surface area contributed by atoms with E-state index < -0.39 is 0 Å². The predicted octanol–water partition coefficient (Wildman–Crippen LogP) is 4.36. The Labute approximate surface area is 156 Å². The maximum absolute atomic E-state index is 13.3. The van der Waals surface area contributed by atoms with Crippen molar-refractivity contribution in [3.05, 3.63) is 65.6 Å². The van der Waals surface area contributed by atoms with E-state index in [0.717, 1.165) is 24.2 Å². The molecule has 4 rings (SSSR count). The predicted molar refractivity (Wildman–Crippen MR) is 98.0 cm³/mol. The zero-order chi connectivity index (χ0) is 18.6. The summed E-state index contributed by atoms with van der Waals surface area (Å²) in [5.74, 6) is 0.544. The van der Waals surface area contributed by atoms with Gasteiger partial charge in [0.05, 0.1) is 18.4 Å². The van der Waals surface area contributed by atoms with Gasteiger partial charge in [0.1, 0.15) is 11.6 Å². The molecule has 27 heavy (non-hydrogen) atoms. The molecule has 1 amide bonds. The second-order valence-corrected chi connectivity index (χ2v) is 6.96. The number of carbonyl (C=O) groups excluding carboxylic acids is 1. The van der Waals surface area contributed by atoms with Gasteiger partial charge in [-0.1, -0.05) is 36.6 Å². The average Bonchev–Trinajstić information content (AvgIpc) is 3.32. The van der Waals surface area contributed by atoms with Crippen LogP contribution in [-0.2, 0) is 6.54 Å². The third-order valence-corrected chi connectivity index (χ3v) is 4.89. The first-order chi connectivity index (χ1) is 13.2. The number of amides is 1. The molecule has 1 saturated carbocycles. The van der Waals surface area contributed by atoms with Crippen molar-refractivity contribution in [2.75, 3.05) is 5.32 Å². The van der Waals surface area contributed by atoms with Gasteiger partial charge in [0.2, 0.25) is 0 Å². The van der Waals surface area contributed by atoms with Crippen molar-refractivity contribution in [1.82, 2.24) is 14.9 Å². The highest BCUT2D eigenvalue weighted by Crippen LogP contribution is 2.32. The topological polar surface area (TPSA) is 73.0 Å². The molecule has 0 saturated heterocycles. The molecule has 140 valence electrons. The Balaban J connectivity index is 1.38. The zero-order valence-electron chi connectivity index (χ0n) is 14.9. The summed E-state index contributed by atoms with van der Waals surface area (Å²) in [6, 6.07) is 8.08. The van der Waals surface area contributed by atoms with Crippen LogP contribution < -0.4 is 5.32 Å². The maximum atomic E-state index is 13.3. The molecule has 0 atom stereocenters. The third kappa shape index (κ3) is 4.24. The van der Waals surface area contributed by atoms with Gasteiger partial charge >= 0.3 is 0 Å². The van der Waals surface area contributed by atoms with Crippen molar-refractivity contribution >= 4 is 11.6 Å². The standard InChI is InChI=1S/C20H21FN4O2/c21-16-8-4-5-14(9-16)12-25-13-17(11-22-25)23-20(26)18-10-19(27-24-18)15-6-2-1-3-7-15/h4-5,8-11,13,15H,1-3,6-7,12H2,(H,23,26). The van der Waals surface area contributed by atoms with Crippen LogP contribution in [0.2, 0.25) is 0 Å². The SMILES string of the molecule is O=C(Nc1cnn(Cc2cccc(F)c2)c1)c1cc(C2CCCCC2)on1. The van der Waals surface area contributed by atoms with Crippen LogP contribution in [0.1, 0.15) is 59.8 Å². The number of hydrogen-bond donors (Lipinski definition) is 1. The van der Waals surface area contributed by atoms with E-state index in [2.05, 4.69) is 15.6 Å². The van der Waals surface area contributed by atoms with E-state index in [1.807, 2.05) is 6.07 Å². The van der Waals surface area contributed by atoms with Crippen molar-refractivity contribution < 1.29 is 13.7 Å². The summed E-state index contributed by atoms with van der Waals surface area (Å²) in [6.07, 6.45) is 9.07. The molecular formula is C20H21FN4O2. The third-order valence-electron chi connectivity index (χ3n) is 4.89. The van der Waals surface area contributed by atoms with Gasteiger partial charge in [0.25, 0.3) is 5.91 Å². The first-order valence-electron chi connectivity index (χ1n) is 9.22. The number of carbonyl (C=O) groups is 1. The Morgan fingerprint density at radius 3 is 2.93 bits per heavy atom. The normalized spacial score (nSPS) is 15.0. The van der Waals surface area contributed by atoms with Gasteiger partial charge in [0.15, 0.2) is 5.69 Å². The van der Waals surface area contributed by atoms with Gasteiger partial charge in [-0.15, -0.1) is 0 Å². The Bertz CT molecular complexity index is 927. The van der Waals surface area contributed by atoms with Gasteiger partial charge in [-0.25, -0.2) is 4.39 Å². The minimum atomic E-state index is -0.328. The molecule has 2 aromatic heterocycles. The van der Waals surface area contributed by atoms with Crippen LogP contribution in [0.4, 0.5) is 10.1 Å². The Hall–Kier alpha value is -2.96. The van der Waals surface area contributed by atoms with E-state index in [-0.39, 0.29) is 17.4 Å². The van der Waals surface area contributed by atoms with Crippen LogP contribution in [0.3, 0.4) is 0 Å². The molecule has 3 aromatic rings. The largest absolute Gasteiger partial charge is 0.360 e. The number of nitrogens with zero attached hydrogens (tertiary/aromatic N) is 3. The zero-order valence-corrected chi connectivity index (χ0v) is 14.9. The number of anilines is 1. The highest BCUT2D eigenvalue weighted by Gasteiger charge is 2.22. The van der Waals surface area contributed by atoms with Crippen LogP contribution in [0.25, 0.3) is 0 Å². The first kappa shape index (κ1) is 17.5. The molecule has 0 bridgehead atoms. The second kappa shape index (κ2) is 7.73. The minimum Gasteiger partial charge on any atom is -0.360 e. The van der Waals surface area contributed by atoms with Crippen molar-refractivity contribution in [1.29, 1.82) is 0 Å². The van der Waals surface area contributed by atoms with Crippen LogP contribution in [0, 0.1) is 5.82 Å². The fraction of sp³-hybridized carbons (Fsp3) is 0.350. The quantitative estimate of drug-likeness (QED) is 0.726. The van der Waals surface area contributed by atoms with E-state index in [1.165, 1.54) is 31.4 Å². The summed E-state index contributed by atoms with van der Waals surface area (Å²) >= 11 is 0. The molecule has 0 unspecified atom stereocenters. The Morgan fingerprint density at radius 2 is 2.11 bits per heavy atom. The molecule has 7 heteroatoms. The van der Waals surface area contributed by atoms with Gasteiger partial charge in [-0.2, -0.15) is 5.10 Å². The average molecular weight is 368 g/mol. The number of halogens is 1. The molecule has 1 aliphatic rings. The number of rotatable bonds is 5. The molecule has 0 aliphatic heterocycles. The summed E-state index contributed by atoms with van der Waals surface area (Å²) in [4.78, 5) is 12.4. The smallest absolute Gasteiger partial charge is 0.277 e. The molecular weight excluding hydrogens is 347 g/mol.